The summed E-state index contributed by atoms with van der Waals surface area (Å²) in [6.07, 6.45) is 4.30. The minimum absolute atomic E-state index is 0.0544. The van der Waals surface area contributed by atoms with Crippen LogP contribution in [0.1, 0.15) is 25.7 Å². The molecule has 0 saturated heterocycles. The van der Waals surface area contributed by atoms with Crippen molar-refractivity contribution in [2.75, 3.05) is 0 Å². The smallest absolute Gasteiger partial charge is 0.0525 e. The van der Waals surface area contributed by atoms with Crippen LogP contribution in [-0.2, 0) is 0 Å². The third-order valence-electron chi connectivity index (χ3n) is 1.98. The summed E-state index contributed by atoms with van der Waals surface area (Å²) in [5, 5.41) is 3.62. The Morgan fingerprint density at radius 2 is 2.10 bits per heavy atom. The van der Waals surface area contributed by atoms with E-state index >= 15 is 0 Å². The maximum atomic E-state index is 8.14. The van der Waals surface area contributed by atoms with Crippen molar-refractivity contribution in [3.63, 3.8) is 0 Å². The van der Waals surface area contributed by atoms with Crippen molar-refractivity contribution >= 4 is 0 Å². The number of nitrogens with two attached hydrogens (primary N) is 1. The maximum Gasteiger partial charge on any atom is 0.0525 e. The minimum Gasteiger partial charge on any atom is -0.327 e. The Labute approximate surface area is 60.0 Å². The maximum absolute atomic E-state index is 8.14. The van der Waals surface area contributed by atoms with E-state index in [9.17, 15) is 0 Å². The average molecular weight is 140 g/mol. The number of hydrogen-bond acceptors (Lipinski definition) is 2. The third-order valence-corrected chi connectivity index (χ3v) is 1.98. The van der Waals surface area contributed by atoms with Gasteiger partial charge in [-0.25, -0.2) is 0 Å². The number of hydrogen-bond donors (Lipinski definition) is 1. The summed E-state index contributed by atoms with van der Waals surface area (Å²) in [4.78, 5) is 2.75. The SMILES string of the molecule is [N-]=[N+]=N[C@@H]1CCCC[C@H]1N. The second-order valence-electron chi connectivity index (χ2n) is 2.72. The molecule has 1 fully saturated rings. The molecule has 1 saturated carbocycles. The predicted molar refractivity (Wildman–Crippen MR) is 39.4 cm³/mol. The van der Waals surface area contributed by atoms with Crippen LogP contribution in [0.15, 0.2) is 5.11 Å². The number of azide groups is 1. The fourth-order valence-electron chi connectivity index (χ4n) is 1.35. The normalized spacial score (nSPS) is 32.9. The van der Waals surface area contributed by atoms with Crippen molar-refractivity contribution in [3.05, 3.63) is 10.4 Å². The molecule has 0 radical (unpaired) electrons. The average Bonchev–Trinajstić information content (AvgIpc) is 1.94. The van der Waals surface area contributed by atoms with Gasteiger partial charge in [0.2, 0.25) is 0 Å². The molecular weight excluding hydrogens is 128 g/mol. The van der Waals surface area contributed by atoms with Crippen molar-refractivity contribution < 1.29 is 0 Å². The van der Waals surface area contributed by atoms with Crippen molar-refractivity contribution in [1.82, 2.24) is 0 Å². The fourth-order valence-corrected chi connectivity index (χ4v) is 1.35. The van der Waals surface area contributed by atoms with Crippen LogP contribution < -0.4 is 5.73 Å². The molecule has 0 aromatic rings. The first-order chi connectivity index (χ1) is 4.84. The van der Waals surface area contributed by atoms with E-state index < -0.39 is 0 Å². The van der Waals surface area contributed by atoms with E-state index in [0.717, 1.165) is 19.3 Å². The standard InChI is InChI=1S/C6H12N4/c7-5-3-1-2-4-6(5)9-10-8/h5-6H,1-4,7H2/t5-,6-/m1/s1. The van der Waals surface area contributed by atoms with Gasteiger partial charge >= 0.3 is 0 Å². The van der Waals surface area contributed by atoms with E-state index in [-0.39, 0.29) is 12.1 Å². The third kappa shape index (κ3) is 1.62. The molecule has 0 aromatic heterocycles. The van der Waals surface area contributed by atoms with Gasteiger partial charge in [-0.05, 0) is 18.4 Å². The first-order valence-electron chi connectivity index (χ1n) is 3.64. The largest absolute Gasteiger partial charge is 0.327 e. The van der Waals surface area contributed by atoms with E-state index in [4.69, 9.17) is 11.3 Å². The second-order valence-corrected chi connectivity index (χ2v) is 2.72. The van der Waals surface area contributed by atoms with Gasteiger partial charge in [0.05, 0.1) is 6.04 Å². The number of rotatable bonds is 1. The van der Waals surface area contributed by atoms with E-state index in [1.807, 2.05) is 0 Å². The highest BCUT2D eigenvalue weighted by Crippen LogP contribution is 2.19. The molecule has 10 heavy (non-hydrogen) atoms. The quantitative estimate of drug-likeness (QED) is 0.335. The summed E-state index contributed by atoms with van der Waals surface area (Å²) in [6.45, 7) is 0. The van der Waals surface area contributed by atoms with Crippen LogP contribution in [0.5, 0.6) is 0 Å². The van der Waals surface area contributed by atoms with E-state index in [2.05, 4.69) is 10.0 Å². The Balaban J connectivity index is 2.47. The Kier molecular flexibility index (Phi) is 2.54. The number of nitrogens with zero attached hydrogens (tertiary/aromatic N) is 3. The molecule has 1 aliphatic carbocycles. The van der Waals surface area contributed by atoms with Crippen LogP contribution in [0.25, 0.3) is 10.4 Å². The summed E-state index contributed by atoms with van der Waals surface area (Å²) in [5.41, 5.74) is 13.8. The zero-order valence-corrected chi connectivity index (χ0v) is 5.90. The van der Waals surface area contributed by atoms with Gasteiger partial charge in [-0.15, -0.1) is 0 Å². The lowest BCUT2D eigenvalue weighted by Crippen LogP contribution is -2.35. The molecule has 0 amide bonds. The Morgan fingerprint density at radius 1 is 1.40 bits per heavy atom. The molecule has 0 unspecified atom stereocenters. The van der Waals surface area contributed by atoms with Gasteiger partial charge in [-0.3, -0.25) is 0 Å². The van der Waals surface area contributed by atoms with Crippen LogP contribution in [0.4, 0.5) is 0 Å². The lowest BCUT2D eigenvalue weighted by atomic mass is 9.92. The molecule has 2 N–H and O–H groups in total. The first-order valence-corrected chi connectivity index (χ1v) is 3.64. The summed E-state index contributed by atoms with van der Waals surface area (Å²) < 4.78 is 0. The fraction of sp³-hybridized carbons (Fsp3) is 1.00. The molecule has 56 valence electrons. The van der Waals surface area contributed by atoms with Gasteiger partial charge in [0.15, 0.2) is 0 Å². The summed E-state index contributed by atoms with van der Waals surface area (Å²) in [7, 11) is 0. The monoisotopic (exact) mass is 140 g/mol. The molecular formula is C6H12N4. The minimum atomic E-state index is 0.0544. The van der Waals surface area contributed by atoms with Gasteiger partial charge < -0.3 is 5.73 Å². The van der Waals surface area contributed by atoms with E-state index in [1.54, 1.807) is 0 Å². The summed E-state index contributed by atoms with van der Waals surface area (Å²) in [6, 6.07) is 0.156. The molecule has 2 atom stereocenters. The van der Waals surface area contributed by atoms with Crippen molar-refractivity contribution in [1.29, 1.82) is 0 Å². The molecule has 1 aliphatic rings. The van der Waals surface area contributed by atoms with E-state index in [1.165, 1.54) is 6.42 Å². The van der Waals surface area contributed by atoms with Crippen molar-refractivity contribution in [2.45, 2.75) is 37.8 Å². The molecule has 0 heterocycles. The molecule has 4 nitrogen and oxygen atoms in total. The van der Waals surface area contributed by atoms with Crippen molar-refractivity contribution in [3.8, 4) is 0 Å². The zero-order valence-electron chi connectivity index (χ0n) is 5.90. The van der Waals surface area contributed by atoms with Crippen LogP contribution in [0.2, 0.25) is 0 Å². The van der Waals surface area contributed by atoms with Gasteiger partial charge in [0.1, 0.15) is 0 Å². The Morgan fingerprint density at radius 3 is 2.70 bits per heavy atom. The molecule has 0 spiro atoms. The predicted octanol–water partition coefficient (Wildman–Crippen LogP) is 1.57. The van der Waals surface area contributed by atoms with Crippen LogP contribution in [-0.4, -0.2) is 12.1 Å². The van der Waals surface area contributed by atoms with Crippen molar-refractivity contribution in [2.24, 2.45) is 10.8 Å². The highest BCUT2D eigenvalue weighted by Gasteiger charge is 2.19. The molecule has 0 aromatic carbocycles. The molecule has 4 heteroatoms. The second kappa shape index (κ2) is 3.44. The first kappa shape index (κ1) is 7.38. The molecule has 0 aliphatic heterocycles. The topological polar surface area (TPSA) is 74.8 Å². The van der Waals surface area contributed by atoms with Gasteiger partial charge in [-0.2, -0.15) is 0 Å². The Hall–Kier alpha value is -0.730. The lowest BCUT2D eigenvalue weighted by molar-refractivity contribution is 0.384. The highest BCUT2D eigenvalue weighted by atomic mass is 15.2. The van der Waals surface area contributed by atoms with Crippen LogP contribution in [0, 0.1) is 0 Å². The summed E-state index contributed by atoms with van der Waals surface area (Å²) >= 11 is 0. The molecule has 1 rings (SSSR count). The highest BCUT2D eigenvalue weighted by molar-refractivity contribution is 4.83. The van der Waals surface area contributed by atoms with E-state index in [0.29, 0.717) is 0 Å². The zero-order chi connectivity index (χ0) is 7.40. The Bertz CT molecular complexity index is 150. The molecule has 0 bridgehead atoms. The van der Waals surface area contributed by atoms with Gasteiger partial charge in [-0.1, -0.05) is 18.0 Å². The van der Waals surface area contributed by atoms with Gasteiger partial charge in [0.25, 0.3) is 0 Å². The van der Waals surface area contributed by atoms with Crippen LogP contribution >= 0.6 is 0 Å². The lowest BCUT2D eigenvalue weighted by Gasteiger charge is -2.23. The van der Waals surface area contributed by atoms with Crippen LogP contribution in [0.3, 0.4) is 0 Å². The summed E-state index contributed by atoms with van der Waals surface area (Å²) in [5.74, 6) is 0. The van der Waals surface area contributed by atoms with Gasteiger partial charge in [0, 0.05) is 11.0 Å².